The van der Waals surface area contributed by atoms with E-state index in [-0.39, 0.29) is 5.56 Å². The molecule has 0 amide bonds. The fraction of sp³-hybridized carbons (Fsp3) is 0.143. The predicted octanol–water partition coefficient (Wildman–Crippen LogP) is 3.46. The van der Waals surface area contributed by atoms with Gasteiger partial charge < -0.3 is 10.4 Å². The minimum absolute atomic E-state index is 0.238. The third kappa shape index (κ3) is 3.54. The van der Waals surface area contributed by atoms with E-state index in [1.165, 1.54) is 0 Å². The van der Waals surface area contributed by atoms with Crippen molar-refractivity contribution in [3.8, 4) is 0 Å². The molecular formula is C14H13BrN2O2. The molecule has 0 bridgehead atoms. The molecular weight excluding hydrogens is 308 g/mol. The lowest BCUT2D eigenvalue weighted by atomic mass is 10.2. The van der Waals surface area contributed by atoms with Crippen molar-refractivity contribution in [2.45, 2.75) is 13.5 Å². The molecule has 0 aliphatic carbocycles. The minimum Gasteiger partial charge on any atom is -0.478 e. The number of nitrogens with one attached hydrogen (secondary N) is 1. The Bertz CT molecular complexity index is 614. The summed E-state index contributed by atoms with van der Waals surface area (Å²) in [5.74, 6) is -0.957. The molecule has 0 fully saturated rings. The van der Waals surface area contributed by atoms with Crippen LogP contribution in [0.2, 0.25) is 0 Å². The lowest BCUT2D eigenvalue weighted by molar-refractivity contribution is 0.0698. The molecule has 0 spiro atoms. The van der Waals surface area contributed by atoms with Crippen molar-refractivity contribution in [1.82, 2.24) is 4.98 Å². The van der Waals surface area contributed by atoms with Crippen LogP contribution in [0.4, 0.5) is 5.69 Å². The van der Waals surface area contributed by atoms with E-state index < -0.39 is 5.97 Å². The first-order valence-electron chi connectivity index (χ1n) is 5.75. The van der Waals surface area contributed by atoms with Gasteiger partial charge in [0.05, 0.1) is 17.8 Å². The van der Waals surface area contributed by atoms with Crippen molar-refractivity contribution in [3.05, 3.63) is 57.8 Å². The summed E-state index contributed by atoms with van der Waals surface area (Å²) in [6.45, 7) is 2.41. The van der Waals surface area contributed by atoms with Gasteiger partial charge in [0.2, 0.25) is 0 Å². The predicted molar refractivity (Wildman–Crippen MR) is 77.4 cm³/mol. The maximum atomic E-state index is 11.2. The third-order valence-electron chi connectivity index (χ3n) is 2.62. The number of halogens is 1. The largest absolute Gasteiger partial charge is 0.478 e. The van der Waals surface area contributed by atoms with Gasteiger partial charge in [-0.1, -0.05) is 22.0 Å². The summed E-state index contributed by atoms with van der Waals surface area (Å²) in [7, 11) is 0. The zero-order valence-corrected chi connectivity index (χ0v) is 11.9. The number of aromatic nitrogens is 1. The summed E-state index contributed by atoms with van der Waals surface area (Å²) in [6.07, 6.45) is 0. The van der Waals surface area contributed by atoms with Crippen LogP contribution in [0.1, 0.15) is 21.7 Å². The van der Waals surface area contributed by atoms with E-state index in [0.717, 1.165) is 15.9 Å². The second kappa shape index (κ2) is 5.84. The van der Waals surface area contributed by atoms with Crippen LogP contribution in [-0.2, 0) is 6.54 Å². The van der Waals surface area contributed by atoms with Gasteiger partial charge in [0.1, 0.15) is 0 Å². The Kier molecular flexibility index (Phi) is 4.16. The van der Waals surface area contributed by atoms with Gasteiger partial charge in [-0.25, -0.2) is 4.79 Å². The summed E-state index contributed by atoms with van der Waals surface area (Å²) in [5.41, 5.74) is 2.63. The summed E-state index contributed by atoms with van der Waals surface area (Å²) < 4.78 is 0.740. The molecule has 0 radical (unpaired) electrons. The Balaban J connectivity index is 2.17. The Morgan fingerprint density at radius 1 is 1.37 bits per heavy atom. The second-order valence-electron chi connectivity index (χ2n) is 4.12. The molecule has 5 heteroatoms. The molecule has 1 aromatic carbocycles. The molecule has 0 saturated heterocycles. The normalized spacial score (nSPS) is 10.2. The molecule has 0 atom stereocenters. The molecule has 19 heavy (non-hydrogen) atoms. The number of rotatable bonds is 4. The quantitative estimate of drug-likeness (QED) is 0.905. The smallest absolute Gasteiger partial charge is 0.337 e. The number of anilines is 1. The number of aryl methyl sites for hydroxylation is 1. The number of aromatic carboxylic acids is 1. The van der Waals surface area contributed by atoms with Crippen LogP contribution >= 0.6 is 15.9 Å². The van der Waals surface area contributed by atoms with Crippen molar-refractivity contribution in [2.75, 3.05) is 5.32 Å². The fourth-order valence-corrected chi connectivity index (χ4v) is 2.09. The van der Waals surface area contributed by atoms with Crippen molar-refractivity contribution >= 4 is 27.6 Å². The number of benzene rings is 1. The first-order valence-corrected chi connectivity index (χ1v) is 6.55. The van der Waals surface area contributed by atoms with Gasteiger partial charge in [-0.15, -0.1) is 0 Å². The molecule has 0 aliphatic heterocycles. The minimum atomic E-state index is -0.957. The lowest BCUT2D eigenvalue weighted by Crippen LogP contribution is -2.07. The number of pyridine rings is 1. The van der Waals surface area contributed by atoms with E-state index in [4.69, 9.17) is 5.11 Å². The van der Waals surface area contributed by atoms with Crippen LogP contribution in [0.3, 0.4) is 0 Å². The van der Waals surface area contributed by atoms with Gasteiger partial charge in [-0.2, -0.15) is 0 Å². The summed E-state index contributed by atoms with van der Waals surface area (Å²) in [5, 5.41) is 12.3. The summed E-state index contributed by atoms with van der Waals surface area (Å²) in [6, 6.07) is 10.9. The van der Waals surface area contributed by atoms with Gasteiger partial charge in [0, 0.05) is 15.9 Å². The lowest BCUT2D eigenvalue weighted by Gasteiger charge is -2.10. The fourth-order valence-electron chi connectivity index (χ4n) is 1.73. The van der Waals surface area contributed by atoms with Crippen molar-refractivity contribution in [1.29, 1.82) is 0 Å². The first kappa shape index (κ1) is 13.5. The molecule has 0 aliphatic rings. The van der Waals surface area contributed by atoms with Gasteiger partial charge >= 0.3 is 5.97 Å². The molecule has 2 aromatic rings. The Morgan fingerprint density at radius 3 is 2.84 bits per heavy atom. The molecule has 1 heterocycles. The molecule has 2 N–H and O–H groups in total. The van der Waals surface area contributed by atoms with Gasteiger partial charge in [0.15, 0.2) is 0 Å². The number of hydrogen-bond acceptors (Lipinski definition) is 3. The van der Waals surface area contributed by atoms with E-state index in [1.54, 1.807) is 18.2 Å². The molecule has 2 rings (SSSR count). The van der Waals surface area contributed by atoms with Crippen molar-refractivity contribution < 1.29 is 9.90 Å². The van der Waals surface area contributed by atoms with Crippen molar-refractivity contribution in [3.63, 3.8) is 0 Å². The third-order valence-corrected chi connectivity index (χ3v) is 3.11. The van der Waals surface area contributed by atoms with Crippen LogP contribution in [0.5, 0.6) is 0 Å². The first-order chi connectivity index (χ1) is 9.06. The van der Waals surface area contributed by atoms with Crippen LogP contribution in [0.15, 0.2) is 40.9 Å². The van der Waals surface area contributed by atoms with E-state index in [0.29, 0.717) is 12.2 Å². The molecule has 4 nitrogen and oxygen atoms in total. The van der Waals surface area contributed by atoms with E-state index in [1.807, 2.05) is 25.1 Å². The summed E-state index contributed by atoms with van der Waals surface area (Å²) in [4.78, 5) is 15.5. The Hall–Kier alpha value is -1.88. The van der Waals surface area contributed by atoms with Crippen LogP contribution < -0.4 is 5.32 Å². The van der Waals surface area contributed by atoms with Gasteiger partial charge in [0.25, 0.3) is 0 Å². The van der Waals surface area contributed by atoms with E-state index in [2.05, 4.69) is 26.2 Å². The van der Waals surface area contributed by atoms with Crippen molar-refractivity contribution in [2.24, 2.45) is 0 Å². The topological polar surface area (TPSA) is 62.2 Å². The molecule has 0 saturated carbocycles. The van der Waals surface area contributed by atoms with E-state index >= 15 is 0 Å². The average Bonchev–Trinajstić information content (AvgIpc) is 2.37. The highest BCUT2D eigenvalue weighted by atomic mass is 79.9. The molecule has 98 valence electrons. The average molecular weight is 321 g/mol. The highest BCUT2D eigenvalue weighted by Crippen LogP contribution is 2.21. The number of carboxylic acids is 1. The SMILES string of the molecule is Cc1cccc(CNc2ccc(Br)cc2C(=O)O)n1. The maximum absolute atomic E-state index is 11.2. The van der Waals surface area contributed by atoms with Gasteiger partial charge in [-0.05, 0) is 37.3 Å². The Morgan fingerprint density at radius 2 is 2.16 bits per heavy atom. The zero-order chi connectivity index (χ0) is 13.8. The molecule has 0 unspecified atom stereocenters. The maximum Gasteiger partial charge on any atom is 0.337 e. The van der Waals surface area contributed by atoms with Crippen LogP contribution in [-0.4, -0.2) is 16.1 Å². The monoisotopic (exact) mass is 320 g/mol. The van der Waals surface area contributed by atoms with Crippen LogP contribution in [0.25, 0.3) is 0 Å². The molecule has 1 aromatic heterocycles. The van der Waals surface area contributed by atoms with Crippen LogP contribution in [0, 0.1) is 6.92 Å². The highest BCUT2D eigenvalue weighted by molar-refractivity contribution is 9.10. The van der Waals surface area contributed by atoms with Gasteiger partial charge in [-0.3, -0.25) is 4.98 Å². The van der Waals surface area contributed by atoms with E-state index in [9.17, 15) is 4.79 Å². The highest BCUT2D eigenvalue weighted by Gasteiger charge is 2.10. The Labute approximate surface area is 119 Å². The second-order valence-corrected chi connectivity index (χ2v) is 5.03. The standard InChI is InChI=1S/C14H13BrN2O2/c1-9-3-2-4-11(17-9)8-16-13-6-5-10(15)7-12(13)14(18)19/h2-7,16H,8H2,1H3,(H,18,19). The number of carbonyl (C=O) groups is 1. The summed E-state index contributed by atoms with van der Waals surface area (Å²) >= 11 is 3.27. The number of hydrogen-bond donors (Lipinski definition) is 2. The number of nitrogens with zero attached hydrogens (tertiary/aromatic N) is 1. The number of carboxylic acid groups (broad SMARTS) is 1. The zero-order valence-electron chi connectivity index (χ0n) is 10.4.